The van der Waals surface area contributed by atoms with Crippen LogP contribution >= 0.6 is 0 Å². The molecule has 0 aromatic carbocycles. The molecule has 8 heavy (non-hydrogen) atoms. The summed E-state index contributed by atoms with van der Waals surface area (Å²) in [7, 11) is 3.75. The summed E-state index contributed by atoms with van der Waals surface area (Å²) in [4.78, 5) is 0. The van der Waals surface area contributed by atoms with Gasteiger partial charge >= 0.3 is 96.9 Å². The van der Waals surface area contributed by atoms with Crippen LogP contribution in [0, 0.1) is 0 Å². The van der Waals surface area contributed by atoms with Crippen LogP contribution in [0.2, 0.25) is 0 Å². The van der Waals surface area contributed by atoms with Crippen molar-refractivity contribution in [1.29, 1.82) is 0 Å². The Morgan fingerprint density at radius 3 is 0.625 bits per heavy atom. The van der Waals surface area contributed by atoms with Gasteiger partial charge in [-0.05, 0) is 0 Å². The third-order valence-corrected chi connectivity index (χ3v) is 0. The first-order valence-electron chi connectivity index (χ1n) is 1.50. The Bertz CT molecular complexity index is 14.5. The van der Waals surface area contributed by atoms with E-state index in [9.17, 15) is 0 Å². The van der Waals surface area contributed by atoms with E-state index < -0.39 is 0 Å². The molecule has 0 saturated heterocycles. The van der Waals surface area contributed by atoms with Crippen molar-refractivity contribution in [3.8, 4) is 0 Å². The molecule has 0 amide bonds. The molecule has 0 saturated carbocycles. The molecule has 42 valence electrons. The number of rotatable bonds is 0. The maximum atomic E-state index is 5.75. The molecule has 0 aliphatic carbocycles. The van der Waals surface area contributed by atoms with Crippen molar-refractivity contribution < 1.29 is 51.4 Å². The molecule has 0 aromatic rings. The second-order valence-electron chi connectivity index (χ2n) is 0. The molecular formula is C3H12KN3Sr. The minimum Gasteiger partial charge on any atom is -0.680 e. The van der Waals surface area contributed by atoms with Crippen molar-refractivity contribution in [2.24, 2.45) is 0 Å². The molecule has 0 radical (unpaired) electrons. The molecule has 3 nitrogen and oxygen atoms in total. The van der Waals surface area contributed by atoms with Gasteiger partial charge in [-0.15, -0.1) is 0 Å². The van der Waals surface area contributed by atoms with E-state index in [0.717, 1.165) is 0 Å². The zero-order valence-electron chi connectivity index (χ0n) is 6.21. The van der Waals surface area contributed by atoms with Crippen LogP contribution in [0.15, 0.2) is 0 Å². The predicted molar refractivity (Wildman–Crippen MR) is 36.5 cm³/mol. The van der Waals surface area contributed by atoms with Crippen LogP contribution in [0.1, 0.15) is 0 Å². The van der Waals surface area contributed by atoms with Gasteiger partial charge in [-0.2, -0.15) is 21.1 Å². The molecule has 0 spiro atoms. The zero-order chi connectivity index (χ0) is 6.00. The predicted octanol–water partition coefficient (Wildman–Crippen LogP) is -1.37. The topological polar surface area (TPSA) is 71.4 Å². The van der Waals surface area contributed by atoms with Crippen LogP contribution in [-0.2, 0) is 0 Å². The van der Waals surface area contributed by atoms with Gasteiger partial charge in [0.15, 0.2) is 0 Å². The fourth-order valence-electron chi connectivity index (χ4n) is 0. The zero-order valence-corrected chi connectivity index (χ0v) is 12.8. The molecule has 0 aromatic heterocycles. The van der Waals surface area contributed by atoms with Crippen molar-refractivity contribution in [2.45, 2.75) is 0 Å². The van der Waals surface area contributed by atoms with Gasteiger partial charge in [0.2, 0.25) is 0 Å². The van der Waals surface area contributed by atoms with Crippen LogP contribution in [-0.4, -0.2) is 66.6 Å². The summed E-state index contributed by atoms with van der Waals surface area (Å²) >= 11 is 0. The third-order valence-electron chi connectivity index (χ3n) is 0. The Hall–Kier alpha value is 3.00. The van der Waals surface area contributed by atoms with Gasteiger partial charge < -0.3 is 17.2 Å². The molecule has 0 fully saturated rings. The normalized spacial score (nSPS) is 2.25. The van der Waals surface area contributed by atoms with Crippen molar-refractivity contribution >= 4 is 45.5 Å². The smallest absolute Gasteiger partial charge is 0.680 e. The first-order chi connectivity index (χ1) is 3.00. The summed E-state index contributed by atoms with van der Waals surface area (Å²) < 4.78 is 0. The van der Waals surface area contributed by atoms with E-state index in [1.54, 1.807) is 0 Å². The molecule has 3 N–H and O–H groups in total. The monoisotopic (exact) mass is 217 g/mol. The SMILES string of the molecule is C[NH-].C[NH-].C[NH-].[K+].[Sr+2]. The number of nitrogens with one attached hydrogen (secondary N) is 3. The van der Waals surface area contributed by atoms with E-state index in [1.165, 1.54) is 21.1 Å². The molecule has 0 aliphatic heterocycles. The Labute approximate surface area is 132 Å². The van der Waals surface area contributed by atoms with E-state index in [4.69, 9.17) is 17.2 Å². The molecule has 0 rings (SSSR count). The van der Waals surface area contributed by atoms with E-state index in [1.807, 2.05) is 0 Å². The van der Waals surface area contributed by atoms with Crippen molar-refractivity contribution in [3.63, 3.8) is 0 Å². The summed E-state index contributed by atoms with van der Waals surface area (Å²) in [6.07, 6.45) is 0. The van der Waals surface area contributed by atoms with Gasteiger partial charge in [-0.3, -0.25) is 0 Å². The summed E-state index contributed by atoms with van der Waals surface area (Å²) in [5.41, 5.74) is 17.2. The van der Waals surface area contributed by atoms with Crippen molar-refractivity contribution in [1.82, 2.24) is 0 Å². The second-order valence-corrected chi connectivity index (χ2v) is 0. The molecule has 5 heteroatoms. The van der Waals surface area contributed by atoms with Crippen LogP contribution in [0.25, 0.3) is 17.2 Å². The molecular weight excluding hydrogens is 205 g/mol. The van der Waals surface area contributed by atoms with Gasteiger partial charge in [-0.25, -0.2) is 0 Å². The van der Waals surface area contributed by atoms with Crippen molar-refractivity contribution in [2.75, 3.05) is 21.1 Å². The van der Waals surface area contributed by atoms with Gasteiger partial charge in [0.05, 0.1) is 0 Å². The van der Waals surface area contributed by atoms with Crippen LogP contribution in [0.3, 0.4) is 0 Å². The third kappa shape index (κ3) is 64.1. The summed E-state index contributed by atoms with van der Waals surface area (Å²) in [6.45, 7) is 0. The fraction of sp³-hybridized carbons (Fsp3) is 1.00. The van der Waals surface area contributed by atoms with Crippen molar-refractivity contribution in [3.05, 3.63) is 17.2 Å². The van der Waals surface area contributed by atoms with Gasteiger partial charge in [0.25, 0.3) is 0 Å². The van der Waals surface area contributed by atoms with Gasteiger partial charge in [0, 0.05) is 0 Å². The van der Waals surface area contributed by atoms with Gasteiger partial charge in [-0.1, -0.05) is 0 Å². The Morgan fingerprint density at radius 2 is 0.625 bits per heavy atom. The summed E-state index contributed by atoms with van der Waals surface area (Å²) in [5.74, 6) is 0. The quantitative estimate of drug-likeness (QED) is 0.449. The Balaban J connectivity index is -0.00000000500. The maximum Gasteiger partial charge on any atom is 2.00 e. The van der Waals surface area contributed by atoms with E-state index in [0.29, 0.717) is 0 Å². The van der Waals surface area contributed by atoms with Crippen LogP contribution < -0.4 is 51.4 Å². The first-order valence-corrected chi connectivity index (χ1v) is 1.50. The first kappa shape index (κ1) is 30.6. The van der Waals surface area contributed by atoms with Gasteiger partial charge in [0.1, 0.15) is 0 Å². The van der Waals surface area contributed by atoms with Crippen LogP contribution in [0.5, 0.6) is 0 Å². The average Bonchev–Trinajstić information content (AvgIpc) is 1.81. The standard InChI is InChI=1S/3CH4N.K.Sr/c3*1-2;;/h3*2H,1H3;;/q3*-1;+1;+2. The fourth-order valence-corrected chi connectivity index (χ4v) is 0. The summed E-state index contributed by atoms with van der Waals surface area (Å²) in [6, 6.07) is 0. The number of hydrogen-bond acceptors (Lipinski definition) is 0. The summed E-state index contributed by atoms with van der Waals surface area (Å²) in [5, 5.41) is 0. The second kappa shape index (κ2) is 90.1. The van der Waals surface area contributed by atoms with Crippen LogP contribution in [0.4, 0.5) is 0 Å². The van der Waals surface area contributed by atoms with E-state index in [2.05, 4.69) is 0 Å². The Kier molecular flexibility index (Phi) is 344. The largest absolute Gasteiger partial charge is 2.00 e. The molecule has 0 aliphatic rings. The maximum absolute atomic E-state index is 5.75. The molecule has 0 unspecified atom stereocenters. The van der Waals surface area contributed by atoms with E-state index >= 15 is 0 Å². The minimum atomic E-state index is 0. The van der Waals surface area contributed by atoms with E-state index in [-0.39, 0.29) is 96.9 Å². The molecule has 0 heterocycles. The minimum absolute atomic E-state index is 0. The Morgan fingerprint density at radius 1 is 0.625 bits per heavy atom. The number of hydrogen-bond donors (Lipinski definition) is 0. The molecule has 0 atom stereocenters. The molecule has 0 bridgehead atoms. The average molecular weight is 217 g/mol.